The molecule has 0 aliphatic carbocycles. The van der Waals surface area contributed by atoms with E-state index in [-0.39, 0.29) is 4.90 Å². The molecule has 0 saturated carbocycles. The van der Waals surface area contributed by atoms with E-state index in [9.17, 15) is 13.0 Å². The third kappa shape index (κ3) is 6.15. The lowest BCUT2D eigenvalue weighted by Crippen LogP contribution is -2.38. The van der Waals surface area contributed by atoms with Crippen molar-refractivity contribution in [3.63, 3.8) is 0 Å². The minimum absolute atomic E-state index is 0.0497. The molecule has 8 nitrogen and oxygen atoms in total. The Morgan fingerprint density at radius 1 is 0.724 bits per heavy atom. The molecule has 0 aliphatic rings. The molecule has 0 bridgehead atoms. The summed E-state index contributed by atoms with van der Waals surface area (Å²) in [6.07, 6.45) is 0. The Bertz CT molecular complexity index is 1030. The number of rotatable bonds is 9. The largest absolute Gasteiger partial charge is 0.400 e. The molecule has 0 aliphatic heterocycles. The third-order valence-corrected chi connectivity index (χ3v) is 7.23. The van der Waals surface area contributed by atoms with Gasteiger partial charge in [0.15, 0.2) is 0 Å². The number of sulfonamides is 1. The van der Waals surface area contributed by atoms with Crippen molar-refractivity contribution >= 4 is 17.6 Å². The molecule has 0 aromatic heterocycles. The number of nitrogens with one attached hydrogen (secondary N) is 3. The van der Waals surface area contributed by atoms with E-state index >= 15 is 0 Å². The molecule has 0 atom stereocenters. The van der Waals surface area contributed by atoms with Crippen LogP contribution in [0.3, 0.4) is 0 Å². The second kappa shape index (κ2) is 9.21. The van der Waals surface area contributed by atoms with Gasteiger partial charge in [-0.1, -0.05) is 64.6 Å². The Hall–Kier alpha value is -2.68. The van der Waals surface area contributed by atoms with Crippen LogP contribution in [0.25, 0.3) is 0 Å². The number of aryl methyl sites for hydroxylation is 1. The van der Waals surface area contributed by atoms with Crippen LogP contribution in [-0.4, -0.2) is 8.42 Å². The molecule has 3 aromatic carbocycles. The van der Waals surface area contributed by atoms with E-state index in [4.69, 9.17) is 9.68 Å². The van der Waals surface area contributed by atoms with Crippen LogP contribution in [0.15, 0.2) is 89.8 Å². The number of benzene rings is 3. The molecule has 0 radical (unpaired) electrons. The highest BCUT2D eigenvalue weighted by Gasteiger charge is 2.32. The molecule has 0 unspecified atom stereocenters. The maximum atomic E-state index is 13.3. The van der Waals surface area contributed by atoms with Crippen molar-refractivity contribution < 1.29 is 22.7 Å². The van der Waals surface area contributed by atoms with Crippen molar-refractivity contribution in [1.82, 2.24) is 15.0 Å². The first-order valence-corrected chi connectivity index (χ1v) is 11.7. The van der Waals surface area contributed by atoms with E-state index in [1.807, 2.05) is 6.92 Å². The Morgan fingerprint density at radius 2 is 1.17 bits per heavy atom. The lowest BCUT2D eigenvalue weighted by Gasteiger charge is -2.21. The highest BCUT2D eigenvalue weighted by molar-refractivity contribution is 7.95. The minimum atomic E-state index is -4.14. The van der Waals surface area contributed by atoms with E-state index in [1.54, 1.807) is 72.8 Å². The molecule has 0 fully saturated rings. The summed E-state index contributed by atoms with van der Waals surface area (Å²) in [5.41, 5.74) is 0.892. The molecule has 3 rings (SSSR count). The van der Waals surface area contributed by atoms with Gasteiger partial charge < -0.3 is 9.68 Å². The molecule has 0 heterocycles. The average Bonchev–Trinajstić information content (AvgIpc) is 2.73. The second-order valence-electron chi connectivity index (χ2n) is 6.03. The monoisotopic (exact) mass is 433 g/mol. The predicted molar refractivity (Wildman–Crippen MR) is 110 cm³/mol. The van der Waals surface area contributed by atoms with E-state index < -0.39 is 17.6 Å². The van der Waals surface area contributed by atoms with Gasteiger partial charge in [0.1, 0.15) is 11.5 Å². The van der Waals surface area contributed by atoms with Gasteiger partial charge in [-0.2, -0.15) is 0 Å². The van der Waals surface area contributed by atoms with Crippen LogP contribution in [0.2, 0.25) is 0 Å². The summed E-state index contributed by atoms with van der Waals surface area (Å²) in [4.78, 5) is 10.5. The zero-order valence-electron chi connectivity index (χ0n) is 15.5. The summed E-state index contributed by atoms with van der Waals surface area (Å²) in [5, 5.41) is 4.50. The molecule has 152 valence electrons. The Kier molecular flexibility index (Phi) is 6.68. The number of hydrogen-bond donors (Lipinski definition) is 3. The van der Waals surface area contributed by atoms with E-state index in [0.717, 1.165) is 5.56 Å². The SMILES string of the molecule is Cc1ccc(S(=O)(=O)NP(=O)(NOc2ccccc2)NOc2ccccc2)cc1. The molecule has 3 aromatic rings. The summed E-state index contributed by atoms with van der Waals surface area (Å²) in [5.74, 6) is 0.674. The van der Waals surface area contributed by atoms with Crippen LogP contribution in [0.4, 0.5) is 0 Å². The van der Waals surface area contributed by atoms with Gasteiger partial charge in [-0.15, -0.1) is 4.49 Å². The second-order valence-corrected chi connectivity index (χ2v) is 9.82. The molecular weight excluding hydrogens is 413 g/mol. The molecule has 0 saturated heterocycles. The van der Waals surface area contributed by atoms with E-state index in [1.165, 1.54) is 12.1 Å². The van der Waals surface area contributed by atoms with Crippen molar-refractivity contribution in [3.05, 3.63) is 90.5 Å². The fourth-order valence-corrected chi connectivity index (χ4v) is 5.28. The summed E-state index contributed by atoms with van der Waals surface area (Å²) < 4.78 is 40.8. The Labute approximate surface area is 169 Å². The maximum Gasteiger partial charge on any atom is 0.356 e. The van der Waals surface area contributed by atoms with Crippen molar-refractivity contribution in [3.8, 4) is 11.5 Å². The first-order valence-electron chi connectivity index (χ1n) is 8.55. The lowest BCUT2D eigenvalue weighted by atomic mass is 10.2. The maximum absolute atomic E-state index is 13.3. The van der Waals surface area contributed by atoms with Crippen molar-refractivity contribution in [1.29, 1.82) is 0 Å². The number of hydrogen-bond acceptors (Lipinski definition) is 5. The van der Waals surface area contributed by atoms with Gasteiger partial charge in [0.2, 0.25) is 10.0 Å². The van der Waals surface area contributed by atoms with E-state index in [2.05, 4.69) is 15.0 Å². The molecule has 0 amide bonds. The predicted octanol–water partition coefficient (Wildman–Crippen LogP) is 3.55. The van der Waals surface area contributed by atoms with Crippen LogP contribution < -0.4 is 24.7 Å². The van der Waals surface area contributed by atoms with Crippen molar-refractivity contribution in [2.75, 3.05) is 0 Å². The normalized spacial score (nSPS) is 11.8. The average molecular weight is 433 g/mol. The smallest absolute Gasteiger partial charge is 0.356 e. The van der Waals surface area contributed by atoms with Gasteiger partial charge in [-0.3, -0.25) is 4.57 Å². The molecule has 3 N–H and O–H groups in total. The summed E-state index contributed by atoms with van der Waals surface area (Å²) in [7, 11) is -8.27. The van der Waals surface area contributed by atoms with Crippen LogP contribution in [-0.2, 0) is 14.6 Å². The molecular formula is C19H20N3O5PS. The fourth-order valence-electron chi connectivity index (χ4n) is 2.21. The lowest BCUT2D eigenvalue weighted by molar-refractivity contribution is 0.223. The third-order valence-electron chi connectivity index (χ3n) is 3.65. The first kappa shape index (κ1) is 21.0. The minimum Gasteiger partial charge on any atom is -0.400 e. The molecule has 29 heavy (non-hydrogen) atoms. The van der Waals surface area contributed by atoms with Gasteiger partial charge in [0, 0.05) is 0 Å². The van der Waals surface area contributed by atoms with Crippen LogP contribution >= 0.6 is 7.59 Å². The fraction of sp³-hybridized carbons (Fsp3) is 0.0526. The number of para-hydroxylation sites is 2. The summed E-state index contributed by atoms with van der Waals surface area (Å²) in [6, 6.07) is 23.0. The van der Waals surface area contributed by atoms with Gasteiger partial charge in [0.05, 0.1) is 4.90 Å². The van der Waals surface area contributed by atoms with E-state index in [0.29, 0.717) is 11.5 Å². The van der Waals surface area contributed by atoms with Gasteiger partial charge in [0.25, 0.3) is 0 Å². The van der Waals surface area contributed by atoms with Crippen LogP contribution in [0.5, 0.6) is 11.5 Å². The summed E-state index contributed by atoms with van der Waals surface area (Å²) in [6.45, 7) is 1.83. The topological polar surface area (TPSA) is 106 Å². The first-order chi connectivity index (χ1) is 13.9. The van der Waals surface area contributed by atoms with Gasteiger partial charge >= 0.3 is 7.59 Å². The zero-order chi connectivity index (χ0) is 20.7. The highest BCUT2D eigenvalue weighted by atomic mass is 32.2. The summed E-state index contributed by atoms with van der Waals surface area (Å²) >= 11 is 0. The zero-order valence-corrected chi connectivity index (χ0v) is 17.2. The van der Waals surface area contributed by atoms with Gasteiger partial charge in [-0.25, -0.2) is 8.42 Å². The quantitative estimate of drug-likeness (QED) is 0.350. The van der Waals surface area contributed by atoms with Gasteiger partial charge in [-0.05, 0) is 43.3 Å². The van der Waals surface area contributed by atoms with Crippen LogP contribution in [0.1, 0.15) is 5.56 Å². The van der Waals surface area contributed by atoms with Crippen molar-refractivity contribution in [2.24, 2.45) is 0 Å². The van der Waals surface area contributed by atoms with Crippen molar-refractivity contribution in [2.45, 2.75) is 11.8 Å². The molecule has 0 spiro atoms. The standard InChI is InChI=1S/C19H20N3O5PS/c1-16-12-14-19(15-13-16)29(24,25)22-28(23,20-26-17-8-4-2-5-9-17)21-27-18-10-6-3-7-11-18/h2-15H,1H3,(H3,20,21,22,23). The molecule has 10 heteroatoms. The Balaban J connectivity index is 1.80. The van der Waals surface area contributed by atoms with Crippen LogP contribution in [0, 0.1) is 6.92 Å². The highest BCUT2D eigenvalue weighted by Crippen LogP contribution is 2.34. The Morgan fingerprint density at radius 3 is 1.62 bits per heavy atom.